The predicted octanol–water partition coefficient (Wildman–Crippen LogP) is 3.15. The van der Waals surface area contributed by atoms with Crippen molar-refractivity contribution in [1.29, 1.82) is 0 Å². The maximum atomic E-state index is 13.3. The minimum absolute atomic E-state index is 0.178. The van der Waals surface area contributed by atoms with Crippen LogP contribution in [0.5, 0.6) is 0 Å². The second-order valence-electron chi connectivity index (χ2n) is 9.51. The first-order valence-electron chi connectivity index (χ1n) is 12.8. The lowest BCUT2D eigenvalue weighted by atomic mass is 10.1. The molecule has 0 aromatic heterocycles. The van der Waals surface area contributed by atoms with Gasteiger partial charge in [0, 0.05) is 38.3 Å². The summed E-state index contributed by atoms with van der Waals surface area (Å²) in [4.78, 5) is 13.1. The number of ether oxygens (including phenoxy) is 1. The summed E-state index contributed by atoms with van der Waals surface area (Å²) in [7, 11) is -7.19. The van der Waals surface area contributed by atoms with Gasteiger partial charge in [0.15, 0.2) is 0 Å². The molecule has 2 fully saturated rings. The molecule has 0 radical (unpaired) electrons. The fourth-order valence-corrected chi connectivity index (χ4v) is 7.80. The van der Waals surface area contributed by atoms with Gasteiger partial charge in [-0.1, -0.05) is 31.0 Å². The smallest absolute Gasteiger partial charge is 0.243 e. The maximum Gasteiger partial charge on any atom is 0.243 e. The molecule has 9 nitrogen and oxygen atoms in total. The van der Waals surface area contributed by atoms with E-state index in [0.29, 0.717) is 57.1 Å². The summed E-state index contributed by atoms with van der Waals surface area (Å²) >= 11 is 0. The van der Waals surface area contributed by atoms with Gasteiger partial charge < -0.3 is 10.1 Å². The van der Waals surface area contributed by atoms with Crippen molar-refractivity contribution in [3.63, 3.8) is 0 Å². The van der Waals surface area contributed by atoms with Crippen LogP contribution in [-0.4, -0.2) is 70.7 Å². The monoisotopic (exact) mass is 549 g/mol. The molecule has 202 valence electrons. The van der Waals surface area contributed by atoms with Crippen molar-refractivity contribution >= 4 is 31.6 Å². The minimum Gasteiger partial charge on any atom is -0.379 e. The zero-order chi connectivity index (χ0) is 26.5. The van der Waals surface area contributed by atoms with Gasteiger partial charge in [-0.2, -0.15) is 8.61 Å². The van der Waals surface area contributed by atoms with Crippen molar-refractivity contribution in [2.24, 2.45) is 0 Å². The maximum absolute atomic E-state index is 13.3. The Labute approximate surface area is 219 Å². The Bertz CT molecular complexity index is 1300. The van der Waals surface area contributed by atoms with Crippen molar-refractivity contribution in [1.82, 2.24) is 8.61 Å². The van der Waals surface area contributed by atoms with Crippen molar-refractivity contribution in [3.05, 3.63) is 53.6 Å². The number of carbonyl (C=O) groups is 1. The number of anilines is 1. The highest BCUT2D eigenvalue weighted by Crippen LogP contribution is 2.26. The highest BCUT2D eigenvalue weighted by Gasteiger charge is 2.28. The second kappa shape index (κ2) is 12.0. The summed E-state index contributed by atoms with van der Waals surface area (Å²) in [6.45, 7) is 4.25. The Morgan fingerprint density at radius 1 is 0.838 bits per heavy atom. The number of carbonyl (C=O) groups excluding carboxylic acids is 1. The number of amides is 1. The number of morpholine rings is 1. The quantitative estimate of drug-likeness (QED) is 0.541. The van der Waals surface area contributed by atoms with Crippen LogP contribution in [0.15, 0.2) is 52.3 Å². The standard InChI is InChI=1S/C26H35N3O6S2/c1-21-6-10-23(20-25(21)37(33,34)28-14-4-2-3-5-15-28)27-26(30)13-9-22-7-11-24(12-8-22)36(31,32)29-16-18-35-19-17-29/h6-8,10-12,20H,2-5,9,13-19H2,1H3,(H,27,30). The molecular weight excluding hydrogens is 514 g/mol. The summed E-state index contributed by atoms with van der Waals surface area (Å²) in [6.07, 6.45) is 4.39. The third-order valence-electron chi connectivity index (χ3n) is 6.83. The molecule has 11 heteroatoms. The lowest BCUT2D eigenvalue weighted by molar-refractivity contribution is -0.116. The molecule has 2 aliphatic rings. The summed E-state index contributed by atoms with van der Waals surface area (Å²) in [5, 5.41) is 2.81. The minimum atomic E-state index is -3.63. The van der Waals surface area contributed by atoms with E-state index in [-0.39, 0.29) is 22.1 Å². The number of nitrogens with one attached hydrogen (secondary N) is 1. The molecule has 0 aliphatic carbocycles. The van der Waals surface area contributed by atoms with Gasteiger partial charge in [-0.15, -0.1) is 0 Å². The molecule has 0 bridgehead atoms. The van der Waals surface area contributed by atoms with E-state index in [2.05, 4.69) is 5.32 Å². The van der Waals surface area contributed by atoms with Crippen LogP contribution >= 0.6 is 0 Å². The lowest BCUT2D eigenvalue weighted by Crippen LogP contribution is -2.40. The van der Waals surface area contributed by atoms with Crippen molar-refractivity contribution in [2.75, 3.05) is 44.7 Å². The molecular formula is C26H35N3O6S2. The van der Waals surface area contributed by atoms with Crippen LogP contribution in [0.2, 0.25) is 0 Å². The van der Waals surface area contributed by atoms with Crippen LogP contribution in [0.1, 0.15) is 43.2 Å². The van der Waals surface area contributed by atoms with Gasteiger partial charge in [0.05, 0.1) is 23.0 Å². The van der Waals surface area contributed by atoms with Crippen LogP contribution in [0.3, 0.4) is 0 Å². The number of sulfonamides is 2. The Balaban J connectivity index is 1.37. The highest BCUT2D eigenvalue weighted by atomic mass is 32.2. The van der Waals surface area contributed by atoms with Crippen molar-refractivity contribution in [3.8, 4) is 0 Å². The topological polar surface area (TPSA) is 113 Å². The molecule has 2 heterocycles. The van der Waals surface area contributed by atoms with E-state index in [1.54, 1.807) is 53.7 Å². The van der Waals surface area contributed by atoms with Gasteiger partial charge in [-0.05, 0) is 61.6 Å². The highest BCUT2D eigenvalue weighted by molar-refractivity contribution is 7.89. The van der Waals surface area contributed by atoms with Crippen LogP contribution in [-0.2, 0) is 36.0 Å². The van der Waals surface area contributed by atoms with Crippen LogP contribution in [0.4, 0.5) is 5.69 Å². The molecule has 37 heavy (non-hydrogen) atoms. The van der Waals surface area contributed by atoms with E-state index in [1.165, 1.54) is 4.31 Å². The Hall–Kier alpha value is -2.31. The molecule has 2 aliphatic heterocycles. The molecule has 0 unspecified atom stereocenters. The van der Waals surface area contributed by atoms with E-state index in [0.717, 1.165) is 31.2 Å². The zero-order valence-electron chi connectivity index (χ0n) is 21.2. The average molecular weight is 550 g/mol. The number of hydrogen-bond acceptors (Lipinski definition) is 6. The summed E-state index contributed by atoms with van der Waals surface area (Å²) in [5.41, 5.74) is 1.93. The Morgan fingerprint density at radius 3 is 2.11 bits per heavy atom. The fraction of sp³-hybridized carbons (Fsp3) is 0.500. The molecule has 0 spiro atoms. The summed E-state index contributed by atoms with van der Waals surface area (Å²) in [6, 6.07) is 11.5. The zero-order valence-corrected chi connectivity index (χ0v) is 22.8. The van der Waals surface area contributed by atoms with E-state index < -0.39 is 20.0 Å². The molecule has 0 atom stereocenters. The van der Waals surface area contributed by atoms with E-state index in [9.17, 15) is 21.6 Å². The van der Waals surface area contributed by atoms with Crippen molar-refractivity contribution < 1.29 is 26.4 Å². The van der Waals surface area contributed by atoms with Crippen molar-refractivity contribution in [2.45, 2.75) is 55.2 Å². The molecule has 0 saturated carbocycles. The normalized spacial score (nSPS) is 18.3. The van der Waals surface area contributed by atoms with Gasteiger partial charge in [0.25, 0.3) is 0 Å². The first kappa shape index (κ1) is 27.7. The number of rotatable bonds is 8. The van der Waals surface area contributed by atoms with Crippen LogP contribution in [0.25, 0.3) is 0 Å². The summed E-state index contributed by atoms with van der Waals surface area (Å²) in [5.74, 6) is -0.244. The van der Waals surface area contributed by atoms with E-state index >= 15 is 0 Å². The lowest BCUT2D eigenvalue weighted by Gasteiger charge is -2.26. The third-order valence-corrected chi connectivity index (χ3v) is 10.8. The molecule has 1 N–H and O–H groups in total. The van der Waals surface area contributed by atoms with Crippen LogP contribution < -0.4 is 5.32 Å². The Kier molecular flexibility index (Phi) is 9.02. The fourth-order valence-electron chi connectivity index (χ4n) is 4.62. The number of hydrogen-bond donors (Lipinski definition) is 1. The Morgan fingerprint density at radius 2 is 1.46 bits per heavy atom. The molecule has 4 rings (SSSR count). The molecule has 1 amide bonds. The first-order valence-corrected chi connectivity index (χ1v) is 15.6. The van der Waals surface area contributed by atoms with Crippen LogP contribution in [0, 0.1) is 6.92 Å². The van der Waals surface area contributed by atoms with Gasteiger partial charge in [0.2, 0.25) is 26.0 Å². The predicted molar refractivity (Wildman–Crippen MR) is 141 cm³/mol. The number of nitrogens with zero attached hydrogens (tertiary/aromatic N) is 2. The molecule has 2 aromatic rings. The third kappa shape index (κ3) is 6.77. The summed E-state index contributed by atoms with van der Waals surface area (Å²) < 4.78 is 60.3. The van der Waals surface area contributed by atoms with Gasteiger partial charge >= 0.3 is 0 Å². The van der Waals surface area contributed by atoms with E-state index in [4.69, 9.17) is 4.74 Å². The largest absolute Gasteiger partial charge is 0.379 e. The molecule has 2 saturated heterocycles. The van der Waals surface area contributed by atoms with Gasteiger partial charge in [-0.25, -0.2) is 16.8 Å². The van der Waals surface area contributed by atoms with Gasteiger partial charge in [0.1, 0.15) is 0 Å². The molecule has 2 aromatic carbocycles. The SMILES string of the molecule is Cc1ccc(NC(=O)CCc2ccc(S(=O)(=O)N3CCOCC3)cc2)cc1S(=O)(=O)N1CCCCCC1. The second-order valence-corrected chi connectivity index (χ2v) is 13.4. The van der Waals surface area contributed by atoms with Gasteiger partial charge in [-0.3, -0.25) is 4.79 Å². The number of benzene rings is 2. The number of aryl methyl sites for hydroxylation is 2. The average Bonchev–Trinajstić information content (AvgIpc) is 3.20. The van der Waals surface area contributed by atoms with E-state index in [1.807, 2.05) is 0 Å². The first-order chi connectivity index (χ1) is 17.7.